The van der Waals surface area contributed by atoms with Crippen LogP contribution in [0.5, 0.6) is 0 Å². The summed E-state index contributed by atoms with van der Waals surface area (Å²) in [4.78, 5) is 5.28. The van der Waals surface area contributed by atoms with Gasteiger partial charge >= 0.3 is 0 Å². The van der Waals surface area contributed by atoms with Gasteiger partial charge in [0.15, 0.2) is 0 Å². The number of nitrogens with zero attached hydrogens (tertiary/aromatic N) is 2. The van der Waals surface area contributed by atoms with Crippen molar-refractivity contribution in [3.05, 3.63) is 183 Å². The molecule has 0 saturated carbocycles. The second kappa shape index (κ2) is 17.3. The highest BCUT2D eigenvalue weighted by atomic mass is 32.1. The summed E-state index contributed by atoms with van der Waals surface area (Å²) in [6.07, 6.45) is 7.27. The first-order chi connectivity index (χ1) is 37.1. The fourth-order valence-corrected chi connectivity index (χ4v) is 16.4. The molecule has 0 atom stereocenters. The van der Waals surface area contributed by atoms with Crippen molar-refractivity contribution in [1.29, 1.82) is 0 Å². The highest BCUT2D eigenvalue weighted by Crippen LogP contribution is 2.56. The van der Waals surface area contributed by atoms with E-state index in [0.29, 0.717) is 12.0 Å². The second-order valence-electron chi connectivity index (χ2n) is 29.6. The van der Waals surface area contributed by atoms with Crippen LogP contribution in [0.2, 0.25) is 0 Å². The molecular formula is C73H79BF2N2S. The first kappa shape index (κ1) is 52.4. The van der Waals surface area contributed by atoms with E-state index >= 15 is 8.78 Å². The molecule has 2 aliphatic heterocycles. The number of anilines is 6. The molecule has 7 aromatic carbocycles. The molecule has 404 valence electrons. The summed E-state index contributed by atoms with van der Waals surface area (Å²) >= 11 is 2.01. The number of halogens is 2. The van der Waals surface area contributed by atoms with Gasteiger partial charge in [0.05, 0.1) is 11.3 Å². The van der Waals surface area contributed by atoms with Crippen LogP contribution in [0.15, 0.2) is 121 Å². The van der Waals surface area contributed by atoms with Gasteiger partial charge in [0.25, 0.3) is 6.71 Å². The third kappa shape index (κ3) is 8.08. The lowest BCUT2D eigenvalue weighted by Gasteiger charge is -2.47. The first-order valence-corrected chi connectivity index (χ1v) is 30.2. The van der Waals surface area contributed by atoms with Gasteiger partial charge in [-0.2, -0.15) is 0 Å². The molecule has 0 fully saturated rings. The predicted octanol–water partition coefficient (Wildman–Crippen LogP) is 18.9. The maximum Gasteiger partial charge on any atom is 0.264 e. The minimum absolute atomic E-state index is 0.0128. The van der Waals surface area contributed by atoms with Gasteiger partial charge in [-0.1, -0.05) is 158 Å². The molecule has 13 rings (SSSR count). The second-order valence-corrected chi connectivity index (χ2v) is 30.7. The van der Waals surface area contributed by atoms with Gasteiger partial charge in [-0.3, -0.25) is 0 Å². The lowest BCUT2D eigenvalue weighted by atomic mass is 9.35. The fourth-order valence-electron chi connectivity index (χ4n) is 15.0. The summed E-state index contributed by atoms with van der Waals surface area (Å²) < 4.78 is 34.7. The average Bonchev–Trinajstić information content (AvgIpc) is 3.34. The van der Waals surface area contributed by atoms with Crippen molar-refractivity contribution in [1.82, 2.24) is 0 Å². The Hall–Kier alpha value is -5.98. The normalized spacial score (nSPS) is 19.5. The quantitative estimate of drug-likeness (QED) is 0.159. The van der Waals surface area contributed by atoms with Crippen LogP contribution in [0.3, 0.4) is 0 Å². The summed E-state index contributed by atoms with van der Waals surface area (Å²) in [6, 6.07) is 44.3. The van der Waals surface area contributed by atoms with E-state index in [1.165, 1.54) is 106 Å². The summed E-state index contributed by atoms with van der Waals surface area (Å²) in [7, 11) is 0. The molecule has 0 spiro atoms. The number of rotatable bonds is 5. The molecule has 1 aromatic heterocycles. The van der Waals surface area contributed by atoms with Crippen LogP contribution in [0, 0.1) is 11.6 Å². The Bertz CT molecular complexity index is 3840. The minimum atomic E-state index is -0.554. The maximum atomic E-state index is 16.0. The van der Waals surface area contributed by atoms with Crippen molar-refractivity contribution < 1.29 is 8.78 Å². The van der Waals surface area contributed by atoms with Gasteiger partial charge in [0.1, 0.15) is 11.6 Å². The predicted molar refractivity (Wildman–Crippen MR) is 335 cm³/mol. The molecule has 0 saturated heterocycles. The Morgan fingerprint density at radius 2 is 1.00 bits per heavy atom. The number of hydrogen-bond acceptors (Lipinski definition) is 3. The van der Waals surface area contributed by atoms with Crippen LogP contribution in [0.4, 0.5) is 42.9 Å². The number of hydrogen-bond donors (Lipinski definition) is 0. The topological polar surface area (TPSA) is 6.48 Å². The standard InChI is InChI=1S/C73H79BF2N2S/c1-67(2,3)45-23-25-46(26-24-45)78-61-37-43(35-44-19-16-17-20-48(44)63-57(75)21-18-22-58(63)76)36-60-64(61)74(66-65(78)49-39-52-55(42-62(49)79-66)73(14,15)34-31-70(52,8)9)56-40-53-54(72(12,13)33-32-71(53,10)11)41-59(56)77(60)47-27-28-50-51(38-47)69(6,7)30-29-68(50,4)5/h16-28,36-42H,29-35H2,1-15H3. The Balaban J connectivity index is 1.17. The molecule has 0 amide bonds. The molecule has 3 aliphatic carbocycles. The van der Waals surface area contributed by atoms with Crippen LogP contribution in [-0.4, -0.2) is 6.71 Å². The number of benzene rings is 7. The monoisotopic (exact) mass is 1060 g/mol. The van der Waals surface area contributed by atoms with Crippen LogP contribution >= 0.6 is 11.3 Å². The van der Waals surface area contributed by atoms with E-state index in [-0.39, 0.29) is 50.2 Å². The Kier molecular flexibility index (Phi) is 11.5. The molecule has 0 unspecified atom stereocenters. The zero-order chi connectivity index (χ0) is 55.9. The van der Waals surface area contributed by atoms with E-state index in [4.69, 9.17) is 0 Å². The highest BCUT2D eigenvalue weighted by molar-refractivity contribution is 7.33. The molecule has 0 bridgehead atoms. The maximum absolute atomic E-state index is 16.0. The molecule has 2 nitrogen and oxygen atoms in total. The molecule has 8 aromatic rings. The average molecular weight is 1070 g/mol. The van der Waals surface area contributed by atoms with Crippen LogP contribution in [0.25, 0.3) is 21.2 Å². The third-order valence-corrected chi connectivity index (χ3v) is 21.6. The largest absolute Gasteiger partial charge is 0.311 e. The van der Waals surface area contributed by atoms with Crippen molar-refractivity contribution in [2.75, 3.05) is 9.80 Å². The molecule has 0 radical (unpaired) electrons. The molecule has 0 N–H and O–H groups in total. The van der Waals surface area contributed by atoms with E-state index in [1.54, 1.807) is 0 Å². The van der Waals surface area contributed by atoms with E-state index in [1.807, 2.05) is 29.5 Å². The zero-order valence-electron chi connectivity index (χ0n) is 49.6. The highest BCUT2D eigenvalue weighted by Gasteiger charge is 2.49. The molecule has 3 heterocycles. The van der Waals surface area contributed by atoms with Crippen LogP contribution in [0.1, 0.15) is 192 Å². The lowest BCUT2D eigenvalue weighted by molar-refractivity contribution is 0.332. The number of fused-ring (bicyclic) bond motifs is 9. The Labute approximate surface area is 474 Å². The molecule has 79 heavy (non-hydrogen) atoms. The summed E-state index contributed by atoms with van der Waals surface area (Å²) in [5, 5.41) is 1.31. The van der Waals surface area contributed by atoms with E-state index in [2.05, 4.69) is 199 Å². The van der Waals surface area contributed by atoms with Crippen molar-refractivity contribution in [2.24, 2.45) is 0 Å². The van der Waals surface area contributed by atoms with Crippen LogP contribution < -0.4 is 25.5 Å². The van der Waals surface area contributed by atoms with Gasteiger partial charge in [-0.15, -0.1) is 11.3 Å². The van der Waals surface area contributed by atoms with E-state index in [0.717, 1.165) is 61.0 Å². The smallest absolute Gasteiger partial charge is 0.264 e. The van der Waals surface area contributed by atoms with E-state index < -0.39 is 11.6 Å². The summed E-state index contributed by atoms with van der Waals surface area (Å²) in [5.41, 5.74) is 22.4. The summed E-state index contributed by atoms with van der Waals surface area (Å²) in [6.45, 7) is 36.2. The van der Waals surface area contributed by atoms with Crippen LogP contribution in [-0.2, 0) is 44.3 Å². The minimum Gasteiger partial charge on any atom is -0.311 e. The van der Waals surface area contributed by atoms with E-state index in [9.17, 15) is 0 Å². The zero-order valence-corrected chi connectivity index (χ0v) is 50.4. The van der Waals surface area contributed by atoms with Crippen molar-refractivity contribution >= 4 is 78.0 Å². The van der Waals surface area contributed by atoms with Gasteiger partial charge in [0.2, 0.25) is 0 Å². The van der Waals surface area contributed by atoms with Gasteiger partial charge in [-0.25, -0.2) is 8.78 Å². The van der Waals surface area contributed by atoms with Gasteiger partial charge < -0.3 is 9.80 Å². The summed E-state index contributed by atoms with van der Waals surface area (Å²) in [5.74, 6) is -1.11. The molecular weight excluding hydrogens is 986 g/mol. The fraction of sp³-hybridized carbons (Fsp3) is 0.397. The first-order valence-electron chi connectivity index (χ1n) is 29.4. The number of thiophene rings is 1. The van der Waals surface area contributed by atoms with Gasteiger partial charge in [0, 0.05) is 43.3 Å². The SMILES string of the molecule is CC(C)(C)c1ccc(N2c3cc(Cc4ccccc4-c4c(F)cccc4F)cc4c3B(c3cc5c(cc3N4c3ccc4c(c3)C(C)(C)CCC4(C)C)C(C)(C)CCC5(C)C)c3sc4cc5c(cc4c32)C(C)(C)CCC5(C)C)cc1. The third-order valence-electron chi connectivity index (χ3n) is 20.4. The molecule has 5 aliphatic rings. The van der Waals surface area contributed by atoms with Crippen molar-refractivity contribution in [3.63, 3.8) is 0 Å². The van der Waals surface area contributed by atoms with Gasteiger partial charge in [-0.05, 0) is 216 Å². The Morgan fingerprint density at radius 1 is 0.494 bits per heavy atom. The Morgan fingerprint density at radius 3 is 1.59 bits per heavy atom. The molecule has 6 heteroatoms. The van der Waals surface area contributed by atoms with Crippen molar-refractivity contribution in [3.8, 4) is 11.1 Å². The lowest BCUT2D eigenvalue weighted by Crippen LogP contribution is -2.61. The van der Waals surface area contributed by atoms with Crippen molar-refractivity contribution in [2.45, 2.75) is 187 Å².